The molecule has 196 valence electrons. The number of fused-ring (bicyclic) bond motifs is 1. The summed E-state index contributed by atoms with van der Waals surface area (Å²) in [5.74, 6) is -1.73. The van der Waals surface area contributed by atoms with Crippen LogP contribution in [0.3, 0.4) is 0 Å². The van der Waals surface area contributed by atoms with Gasteiger partial charge in [0.1, 0.15) is 6.61 Å². The molecule has 2 N–H and O–H groups in total. The minimum Gasteiger partial charge on any atom is -0.493 e. The lowest BCUT2D eigenvalue weighted by atomic mass is 9.94. The molecular weight excluding hydrogens is 485 g/mol. The molecule has 7 heteroatoms. The first-order valence-electron chi connectivity index (χ1n) is 12.4. The fraction of sp³-hybridized carbons (Fsp3) is 0.226. The number of carboxylic acid groups (broad SMARTS) is 1. The number of carboxylic acids is 1. The summed E-state index contributed by atoms with van der Waals surface area (Å²) >= 11 is 0. The van der Waals surface area contributed by atoms with Crippen molar-refractivity contribution in [3.8, 4) is 11.5 Å². The fourth-order valence-corrected chi connectivity index (χ4v) is 4.43. The van der Waals surface area contributed by atoms with Crippen molar-refractivity contribution in [1.82, 2.24) is 0 Å². The highest BCUT2D eigenvalue weighted by Gasteiger charge is 2.19. The number of halogens is 1. The van der Waals surface area contributed by atoms with Crippen molar-refractivity contribution in [2.45, 2.75) is 38.7 Å². The average Bonchev–Trinajstić information content (AvgIpc) is 2.92. The average molecular weight is 516 g/mol. The summed E-state index contributed by atoms with van der Waals surface area (Å²) in [5, 5.41) is 14.2. The second-order valence-electron chi connectivity index (χ2n) is 9.08. The van der Waals surface area contributed by atoms with Crippen LogP contribution in [0, 0.1) is 5.82 Å². The molecule has 1 unspecified atom stereocenters. The number of carbonyl (C=O) groups is 2. The lowest BCUT2D eigenvalue weighted by Gasteiger charge is -2.18. The van der Waals surface area contributed by atoms with E-state index in [9.17, 15) is 14.0 Å². The van der Waals surface area contributed by atoms with Crippen LogP contribution in [0.1, 0.15) is 42.4 Å². The largest absolute Gasteiger partial charge is 0.493 e. The Morgan fingerprint density at radius 2 is 1.76 bits per heavy atom. The van der Waals surface area contributed by atoms with Crippen molar-refractivity contribution in [1.29, 1.82) is 0 Å². The highest BCUT2D eigenvalue weighted by atomic mass is 19.1. The molecule has 0 radical (unpaired) electrons. The highest BCUT2D eigenvalue weighted by molar-refractivity contribution is 5.99. The molecule has 0 aliphatic carbocycles. The van der Waals surface area contributed by atoms with Crippen LogP contribution >= 0.6 is 0 Å². The number of benzene rings is 4. The summed E-state index contributed by atoms with van der Waals surface area (Å²) < 4.78 is 25.2. The summed E-state index contributed by atoms with van der Waals surface area (Å²) in [6.07, 6.45) is 0.934. The number of aryl methyl sites for hydroxylation is 1. The Balaban J connectivity index is 1.58. The summed E-state index contributed by atoms with van der Waals surface area (Å²) in [6, 6.07) is 23.7. The molecule has 1 atom stereocenters. The van der Waals surface area contributed by atoms with Crippen LogP contribution in [-0.4, -0.2) is 24.1 Å². The van der Waals surface area contributed by atoms with Crippen molar-refractivity contribution in [2.75, 3.05) is 12.4 Å². The lowest BCUT2D eigenvalue weighted by molar-refractivity contribution is -0.137. The molecular formula is C31H30FNO5. The Morgan fingerprint density at radius 3 is 2.55 bits per heavy atom. The third kappa shape index (κ3) is 6.29. The molecule has 0 bridgehead atoms. The third-order valence-corrected chi connectivity index (χ3v) is 6.49. The van der Waals surface area contributed by atoms with Gasteiger partial charge < -0.3 is 19.9 Å². The van der Waals surface area contributed by atoms with Crippen LogP contribution in [0.5, 0.6) is 11.5 Å². The maximum Gasteiger partial charge on any atom is 0.303 e. The van der Waals surface area contributed by atoms with Crippen molar-refractivity contribution in [3.63, 3.8) is 0 Å². The Morgan fingerprint density at radius 1 is 1.00 bits per heavy atom. The molecule has 0 aliphatic heterocycles. The van der Waals surface area contributed by atoms with Gasteiger partial charge in [0.25, 0.3) is 0 Å². The van der Waals surface area contributed by atoms with Gasteiger partial charge >= 0.3 is 5.97 Å². The minimum absolute atomic E-state index is 0.00991. The number of rotatable bonds is 11. The predicted molar refractivity (Wildman–Crippen MR) is 145 cm³/mol. The van der Waals surface area contributed by atoms with Gasteiger partial charge in [0.15, 0.2) is 17.3 Å². The zero-order chi connectivity index (χ0) is 27.1. The molecule has 0 aromatic heterocycles. The number of aliphatic carboxylic acids is 1. The smallest absolute Gasteiger partial charge is 0.303 e. The number of amides is 1. The number of hydrogen-bond donors (Lipinski definition) is 2. The topological polar surface area (TPSA) is 84.9 Å². The molecule has 0 heterocycles. The number of anilines is 1. The van der Waals surface area contributed by atoms with E-state index in [-0.39, 0.29) is 30.4 Å². The summed E-state index contributed by atoms with van der Waals surface area (Å²) in [4.78, 5) is 24.4. The zero-order valence-electron chi connectivity index (χ0n) is 21.4. The van der Waals surface area contributed by atoms with Crippen LogP contribution in [0.15, 0.2) is 78.9 Å². The molecule has 4 aromatic carbocycles. The van der Waals surface area contributed by atoms with Gasteiger partial charge in [-0.15, -0.1) is 0 Å². The van der Waals surface area contributed by atoms with Gasteiger partial charge in [-0.3, -0.25) is 9.59 Å². The van der Waals surface area contributed by atoms with Crippen LogP contribution in [0.2, 0.25) is 0 Å². The van der Waals surface area contributed by atoms with E-state index < -0.39 is 17.7 Å². The normalized spacial score (nSPS) is 11.7. The van der Waals surface area contributed by atoms with Gasteiger partial charge in [-0.2, -0.15) is 0 Å². The van der Waals surface area contributed by atoms with Crippen LogP contribution < -0.4 is 14.8 Å². The molecule has 0 aliphatic rings. The first-order valence-corrected chi connectivity index (χ1v) is 12.4. The Bertz CT molecular complexity index is 1450. The number of methoxy groups -OCH3 is 1. The van der Waals surface area contributed by atoms with Gasteiger partial charge in [0.05, 0.1) is 13.0 Å². The first kappa shape index (κ1) is 26.7. The maximum absolute atomic E-state index is 14.3. The third-order valence-electron chi connectivity index (χ3n) is 6.49. The summed E-state index contributed by atoms with van der Waals surface area (Å²) in [5.41, 5.74) is 3.02. The van der Waals surface area contributed by atoms with E-state index in [1.54, 1.807) is 12.1 Å². The standard InChI is InChI=1S/C31H30FNO5/c1-20(24-12-5-9-22-8-3-4-11-25(22)24)31(36)33-27-18-21(16-17-23(27)10-6-15-29(34)35)19-38-30-26(32)13-7-14-28(30)37-2/h3-5,7-9,11-14,16-18,20H,6,10,15,19H2,1-2H3,(H,33,36)(H,34,35). The van der Waals surface area contributed by atoms with Crippen LogP contribution in [0.25, 0.3) is 10.8 Å². The van der Waals surface area contributed by atoms with Crippen molar-refractivity contribution >= 4 is 28.3 Å². The van der Waals surface area contributed by atoms with E-state index in [1.807, 2.05) is 61.5 Å². The highest BCUT2D eigenvalue weighted by Crippen LogP contribution is 2.32. The van der Waals surface area contributed by atoms with Crippen molar-refractivity contribution in [3.05, 3.63) is 101 Å². The van der Waals surface area contributed by atoms with E-state index in [1.165, 1.54) is 19.2 Å². The second kappa shape index (κ2) is 12.2. The van der Waals surface area contributed by atoms with E-state index in [0.717, 1.165) is 21.9 Å². The van der Waals surface area contributed by atoms with Crippen molar-refractivity contribution < 1.29 is 28.6 Å². The van der Waals surface area contributed by atoms with Gasteiger partial charge in [-0.25, -0.2) is 4.39 Å². The molecule has 0 spiro atoms. The van der Waals surface area contributed by atoms with E-state index in [0.29, 0.717) is 24.1 Å². The van der Waals surface area contributed by atoms with Crippen LogP contribution in [0.4, 0.5) is 10.1 Å². The SMILES string of the molecule is COc1cccc(F)c1OCc1ccc(CCCC(=O)O)c(NC(=O)C(C)c2cccc3ccccc23)c1. The minimum atomic E-state index is -0.871. The lowest BCUT2D eigenvalue weighted by Crippen LogP contribution is -2.20. The van der Waals surface area contributed by atoms with E-state index in [4.69, 9.17) is 14.6 Å². The number of ether oxygens (including phenoxy) is 2. The molecule has 0 fully saturated rings. The van der Waals surface area contributed by atoms with Gasteiger partial charge in [-0.05, 0) is 65.4 Å². The van der Waals surface area contributed by atoms with Gasteiger partial charge in [0, 0.05) is 12.1 Å². The summed E-state index contributed by atoms with van der Waals surface area (Å²) in [6.45, 7) is 1.91. The Kier molecular flexibility index (Phi) is 8.58. The van der Waals surface area contributed by atoms with E-state index >= 15 is 0 Å². The monoisotopic (exact) mass is 515 g/mol. The van der Waals surface area contributed by atoms with Gasteiger partial charge in [0.2, 0.25) is 5.91 Å². The Labute approximate surface area is 221 Å². The maximum atomic E-state index is 14.3. The zero-order valence-corrected chi connectivity index (χ0v) is 21.4. The van der Waals surface area contributed by atoms with E-state index in [2.05, 4.69) is 5.32 Å². The predicted octanol–water partition coefficient (Wildman–Crippen LogP) is 6.72. The molecule has 38 heavy (non-hydrogen) atoms. The number of hydrogen-bond acceptors (Lipinski definition) is 4. The second-order valence-corrected chi connectivity index (χ2v) is 9.08. The fourth-order valence-electron chi connectivity index (χ4n) is 4.43. The van der Waals surface area contributed by atoms with Crippen molar-refractivity contribution in [2.24, 2.45) is 0 Å². The van der Waals surface area contributed by atoms with Gasteiger partial charge in [-0.1, -0.05) is 60.7 Å². The molecule has 0 saturated carbocycles. The molecule has 4 aromatic rings. The number of para-hydroxylation sites is 1. The summed E-state index contributed by atoms with van der Waals surface area (Å²) in [7, 11) is 1.44. The molecule has 6 nitrogen and oxygen atoms in total. The van der Waals surface area contributed by atoms with Crippen LogP contribution in [-0.2, 0) is 22.6 Å². The molecule has 1 amide bonds. The number of nitrogens with one attached hydrogen (secondary N) is 1. The first-order chi connectivity index (χ1) is 18.4. The molecule has 4 rings (SSSR count). The Hall–Kier alpha value is -4.39. The number of carbonyl (C=O) groups excluding carboxylic acids is 1. The molecule has 0 saturated heterocycles. The quantitative estimate of drug-likeness (QED) is 0.232.